The van der Waals surface area contributed by atoms with Gasteiger partial charge in [-0.15, -0.1) is 11.3 Å². The highest BCUT2D eigenvalue weighted by Gasteiger charge is 2.22. The molecule has 0 bridgehead atoms. The van der Waals surface area contributed by atoms with Gasteiger partial charge in [-0.2, -0.15) is 0 Å². The Morgan fingerprint density at radius 2 is 2.06 bits per heavy atom. The molecule has 16 heavy (non-hydrogen) atoms. The van der Waals surface area contributed by atoms with Crippen molar-refractivity contribution in [2.75, 3.05) is 0 Å². The fraction of sp³-hybridized carbons (Fsp3) is 0.0833. The zero-order chi connectivity index (χ0) is 11.0. The van der Waals surface area contributed by atoms with Gasteiger partial charge < -0.3 is 4.74 Å². The van der Waals surface area contributed by atoms with Crippen LogP contribution in [0.3, 0.4) is 0 Å². The van der Waals surface area contributed by atoms with Crippen LogP contribution in [0.1, 0.15) is 16.0 Å². The van der Waals surface area contributed by atoms with E-state index in [-0.39, 0.29) is 0 Å². The minimum atomic E-state index is -0.453. The van der Waals surface area contributed by atoms with E-state index in [1.54, 1.807) is 11.3 Å². The van der Waals surface area contributed by atoms with Gasteiger partial charge in [0.05, 0.1) is 10.6 Å². The predicted octanol–water partition coefficient (Wildman–Crippen LogP) is 4.09. The van der Waals surface area contributed by atoms with Crippen LogP contribution in [0.15, 0.2) is 46.8 Å². The van der Waals surface area contributed by atoms with Crippen molar-refractivity contribution in [1.29, 1.82) is 0 Å². The summed E-state index contributed by atoms with van der Waals surface area (Å²) < 4.78 is 5.58. The van der Waals surface area contributed by atoms with Crippen molar-refractivity contribution in [3.8, 4) is 0 Å². The third-order valence-electron chi connectivity index (χ3n) is 2.35. The van der Waals surface area contributed by atoms with E-state index in [0.717, 1.165) is 16.1 Å². The SMILES string of the molecule is ClC1OC(c2cccs2)=Nc2ccccc21. The van der Waals surface area contributed by atoms with Gasteiger partial charge in [-0.1, -0.05) is 35.9 Å². The second-order valence-electron chi connectivity index (χ2n) is 3.39. The highest BCUT2D eigenvalue weighted by molar-refractivity contribution is 7.12. The topological polar surface area (TPSA) is 21.6 Å². The number of thiophene rings is 1. The first kappa shape index (κ1) is 9.87. The van der Waals surface area contributed by atoms with Crippen LogP contribution in [0.4, 0.5) is 5.69 Å². The zero-order valence-electron chi connectivity index (χ0n) is 8.26. The lowest BCUT2D eigenvalue weighted by Crippen LogP contribution is -2.11. The first-order valence-corrected chi connectivity index (χ1v) is 6.18. The smallest absolute Gasteiger partial charge is 0.233 e. The van der Waals surface area contributed by atoms with Crippen molar-refractivity contribution in [2.45, 2.75) is 5.56 Å². The van der Waals surface area contributed by atoms with Crippen molar-refractivity contribution < 1.29 is 4.74 Å². The Morgan fingerprint density at radius 1 is 1.19 bits per heavy atom. The molecule has 1 aliphatic rings. The summed E-state index contributed by atoms with van der Waals surface area (Å²) in [4.78, 5) is 5.46. The minimum absolute atomic E-state index is 0.453. The highest BCUT2D eigenvalue weighted by atomic mass is 35.5. The maximum absolute atomic E-state index is 6.16. The van der Waals surface area contributed by atoms with Gasteiger partial charge in [0.25, 0.3) is 0 Å². The van der Waals surface area contributed by atoms with Crippen molar-refractivity contribution in [3.63, 3.8) is 0 Å². The molecule has 4 heteroatoms. The Morgan fingerprint density at radius 3 is 2.88 bits per heavy atom. The number of aliphatic imine (C=N–C) groups is 1. The van der Waals surface area contributed by atoms with Gasteiger partial charge in [0, 0.05) is 5.56 Å². The van der Waals surface area contributed by atoms with Gasteiger partial charge in [-0.05, 0) is 17.5 Å². The predicted molar refractivity (Wildman–Crippen MR) is 66.6 cm³/mol. The van der Waals surface area contributed by atoms with Gasteiger partial charge >= 0.3 is 0 Å². The second-order valence-corrected chi connectivity index (χ2v) is 4.73. The molecule has 1 aromatic heterocycles. The van der Waals surface area contributed by atoms with E-state index in [9.17, 15) is 0 Å². The Labute approximate surface area is 102 Å². The molecule has 1 aliphatic heterocycles. The van der Waals surface area contributed by atoms with Crippen molar-refractivity contribution in [2.24, 2.45) is 4.99 Å². The summed E-state index contributed by atoms with van der Waals surface area (Å²) in [6, 6.07) is 11.7. The van der Waals surface area contributed by atoms with Gasteiger partial charge in [-0.25, -0.2) is 4.99 Å². The summed E-state index contributed by atoms with van der Waals surface area (Å²) in [5.41, 5.74) is 1.35. The second kappa shape index (κ2) is 3.92. The molecule has 2 heterocycles. The van der Waals surface area contributed by atoms with Crippen molar-refractivity contribution in [3.05, 3.63) is 52.2 Å². The molecule has 0 N–H and O–H groups in total. The lowest BCUT2D eigenvalue weighted by molar-refractivity contribution is 0.271. The van der Waals surface area contributed by atoms with Crippen LogP contribution in [0.5, 0.6) is 0 Å². The average Bonchev–Trinajstić information content (AvgIpc) is 2.82. The summed E-state index contributed by atoms with van der Waals surface area (Å²) >= 11 is 7.75. The molecule has 3 rings (SSSR count). The van der Waals surface area contributed by atoms with E-state index < -0.39 is 5.56 Å². The normalized spacial score (nSPS) is 18.6. The third kappa shape index (κ3) is 1.62. The quantitative estimate of drug-likeness (QED) is 0.698. The number of hydrogen-bond acceptors (Lipinski definition) is 3. The van der Waals surface area contributed by atoms with Crippen molar-refractivity contribution in [1.82, 2.24) is 0 Å². The van der Waals surface area contributed by atoms with Crippen LogP contribution in [0.2, 0.25) is 0 Å². The zero-order valence-corrected chi connectivity index (χ0v) is 9.83. The molecule has 0 saturated heterocycles. The molecule has 1 aromatic carbocycles. The number of alkyl halides is 1. The monoisotopic (exact) mass is 249 g/mol. The van der Waals surface area contributed by atoms with E-state index in [1.807, 2.05) is 41.8 Å². The lowest BCUT2D eigenvalue weighted by Gasteiger charge is -2.20. The van der Waals surface area contributed by atoms with E-state index in [0.29, 0.717) is 5.90 Å². The Hall–Kier alpha value is -1.32. The number of halogens is 1. The van der Waals surface area contributed by atoms with Gasteiger partial charge in [0.2, 0.25) is 11.5 Å². The number of para-hydroxylation sites is 1. The van der Waals surface area contributed by atoms with E-state index >= 15 is 0 Å². The summed E-state index contributed by atoms with van der Waals surface area (Å²) in [5, 5.41) is 1.99. The Bertz CT molecular complexity index is 536. The molecule has 0 amide bonds. The third-order valence-corrected chi connectivity index (χ3v) is 3.53. The summed E-state index contributed by atoms with van der Waals surface area (Å²) in [7, 11) is 0. The fourth-order valence-corrected chi connectivity index (χ4v) is 2.52. The van der Waals surface area contributed by atoms with Gasteiger partial charge in [-0.3, -0.25) is 0 Å². The molecular formula is C12H8ClNOS. The molecule has 0 aliphatic carbocycles. The first-order valence-electron chi connectivity index (χ1n) is 4.87. The van der Waals surface area contributed by atoms with Crippen LogP contribution in [0.25, 0.3) is 0 Å². The van der Waals surface area contributed by atoms with E-state index in [4.69, 9.17) is 16.3 Å². The number of fused-ring (bicyclic) bond motifs is 1. The van der Waals surface area contributed by atoms with Crippen molar-refractivity contribution >= 4 is 34.5 Å². The average molecular weight is 250 g/mol. The largest absolute Gasteiger partial charge is 0.452 e. The van der Waals surface area contributed by atoms with Crippen LogP contribution in [-0.4, -0.2) is 5.90 Å². The van der Waals surface area contributed by atoms with E-state index in [1.165, 1.54) is 0 Å². The molecule has 0 spiro atoms. The molecule has 1 unspecified atom stereocenters. The Balaban J connectivity index is 2.10. The maximum atomic E-state index is 6.16. The number of nitrogens with zero attached hydrogens (tertiary/aromatic N) is 1. The summed E-state index contributed by atoms with van der Waals surface area (Å²) in [6.07, 6.45) is 0. The molecule has 2 aromatic rings. The molecule has 0 fully saturated rings. The van der Waals surface area contributed by atoms with E-state index in [2.05, 4.69) is 4.99 Å². The van der Waals surface area contributed by atoms with Gasteiger partial charge in [0.1, 0.15) is 0 Å². The fourth-order valence-electron chi connectivity index (χ4n) is 1.59. The standard InChI is InChI=1S/C12H8ClNOS/c13-11-8-4-1-2-5-9(8)14-12(15-11)10-6-3-7-16-10/h1-7,11H. The van der Waals surface area contributed by atoms with Crippen LogP contribution < -0.4 is 0 Å². The number of benzene rings is 1. The van der Waals surface area contributed by atoms with Gasteiger partial charge in [0.15, 0.2) is 0 Å². The maximum Gasteiger partial charge on any atom is 0.233 e. The molecular weight excluding hydrogens is 242 g/mol. The number of rotatable bonds is 1. The van der Waals surface area contributed by atoms with Crippen LogP contribution in [0, 0.1) is 0 Å². The molecule has 0 radical (unpaired) electrons. The molecule has 80 valence electrons. The van der Waals surface area contributed by atoms with Crippen LogP contribution >= 0.6 is 22.9 Å². The number of hydrogen-bond donors (Lipinski definition) is 0. The van der Waals surface area contributed by atoms with Crippen LogP contribution in [-0.2, 0) is 4.74 Å². The first-order chi connectivity index (χ1) is 7.84. The summed E-state index contributed by atoms with van der Waals surface area (Å²) in [6.45, 7) is 0. The molecule has 0 saturated carbocycles. The lowest BCUT2D eigenvalue weighted by atomic mass is 10.2. The Kier molecular flexibility index (Phi) is 2.42. The number of ether oxygens (including phenoxy) is 1. The molecule has 1 atom stereocenters. The minimum Gasteiger partial charge on any atom is -0.452 e. The molecule has 2 nitrogen and oxygen atoms in total. The summed E-state index contributed by atoms with van der Waals surface area (Å²) in [5.74, 6) is 0.605. The highest BCUT2D eigenvalue weighted by Crippen LogP contribution is 2.36.